The maximum Gasteiger partial charge on any atom is 0.274 e. The molecule has 0 fully saturated rings. The van der Waals surface area contributed by atoms with Crippen molar-refractivity contribution in [3.63, 3.8) is 0 Å². The van der Waals surface area contributed by atoms with Gasteiger partial charge in [0.1, 0.15) is 11.5 Å². The van der Waals surface area contributed by atoms with Gasteiger partial charge in [0.2, 0.25) is 15.9 Å². The monoisotopic (exact) mass is 442 g/mol. The number of rotatable bonds is 7. The summed E-state index contributed by atoms with van der Waals surface area (Å²) in [6, 6.07) is 15.9. The molecule has 2 amide bonds. The maximum absolute atomic E-state index is 13.7. The lowest BCUT2D eigenvalue weighted by molar-refractivity contribution is -0.116. The van der Waals surface area contributed by atoms with Crippen LogP contribution in [0.1, 0.15) is 10.5 Å². The number of hydrogen-bond donors (Lipinski definition) is 2. The van der Waals surface area contributed by atoms with E-state index in [1.54, 1.807) is 30.3 Å². The zero-order chi connectivity index (χ0) is 22.4. The van der Waals surface area contributed by atoms with Crippen LogP contribution in [0.5, 0.6) is 0 Å². The van der Waals surface area contributed by atoms with Crippen LogP contribution in [-0.2, 0) is 14.8 Å². The number of amides is 2. The van der Waals surface area contributed by atoms with E-state index >= 15 is 0 Å². The van der Waals surface area contributed by atoms with Gasteiger partial charge in [-0.05, 0) is 42.5 Å². The lowest BCUT2D eigenvalue weighted by Crippen LogP contribution is -2.35. The van der Waals surface area contributed by atoms with Gasteiger partial charge in [0.05, 0.1) is 22.8 Å². The summed E-state index contributed by atoms with van der Waals surface area (Å²) >= 11 is 0. The van der Waals surface area contributed by atoms with Crippen LogP contribution in [0.3, 0.4) is 0 Å². The summed E-state index contributed by atoms with van der Waals surface area (Å²) in [6.07, 6.45) is 1.45. The number of aromatic nitrogens is 1. The van der Waals surface area contributed by atoms with E-state index in [-0.39, 0.29) is 22.0 Å². The first kappa shape index (κ1) is 22.1. The molecule has 0 radical (unpaired) electrons. The summed E-state index contributed by atoms with van der Waals surface area (Å²) in [5.41, 5.74) is 0.261. The fraction of sp³-hybridized carbons (Fsp3) is 0.0952. The molecule has 0 aliphatic rings. The van der Waals surface area contributed by atoms with E-state index < -0.39 is 34.2 Å². The first-order chi connectivity index (χ1) is 14.8. The molecule has 0 unspecified atom stereocenters. The molecule has 1 heterocycles. The molecule has 0 bridgehead atoms. The fourth-order valence-corrected chi connectivity index (χ4v) is 3.81. The predicted molar refractivity (Wildman–Crippen MR) is 113 cm³/mol. The topological polar surface area (TPSA) is 108 Å². The molecule has 2 aromatic carbocycles. The molecule has 160 valence electrons. The second-order valence-corrected chi connectivity index (χ2v) is 8.53. The number of carbonyl (C=O) groups is 2. The Bertz CT molecular complexity index is 1190. The third kappa shape index (κ3) is 5.50. The second kappa shape index (κ2) is 9.45. The summed E-state index contributed by atoms with van der Waals surface area (Å²) in [5.74, 6) is -1.90. The van der Waals surface area contributed by atoms with E-state index in [4.69, 9.17) is 0 Å². The molecule has 8 nitrogen and oxygen atoms in total. The van der Waals surface area contributed by atoms with Crippen LogP contribution in [0.4, 0.5) is 15.8 Å². The number of sulfonamides is 1. The standard InChI is InChI=1S/C21H19FN4O4S/c1-26(31(29,30)16-7-3-2-4-8-16)14-20(27)24-19-13-15(22)10-11-17(19)25-21(28)18-9-5-6-12-23-18/h2-13H,14H2,1H3,(H,24,27)(H,25,28). The molecular formula is C21H19FN4O4S. The zero-order valence-electron chi connectivity index (χ0n) is 16.4. The molecule has 3 aromatic rings. The number of pyridine rings is 1. The van der Waals surface area contributed by atoms with Crippen LogP contribution in [0.25, 0.3) is 0 Å². The number of halogens is 1. The molecule has 0 saturated heterocycles. The molecular weight excluding hydrogens is 423 g/mol. The Hall–Kier alpha value is -3.63. The summed E-state index contributed by atoms with van der Waals surface area (Å²) in [7, 11) is -2.62. The van der Waals surface area contributed by atoms with Crippen molar-refractivity contribution in [1.29, 1.82) is 0 Å². The highest BCUT2D eigenvalue weighted by Gasteiger charge is 2.23. The Morgan fingerprint density at radius 3 is 2.35 bits per heavy atom. The van der Waals surface area contributed by atoms with Gasteiger partial charge in [-0.2, -0.15) is 4.31 Å². The average molecular weight is 442 g/mol. The van der Waals surface area contributed by atoms with Crippen LogP contribution >= 0.6 is 0 Å². The van der Waals surface area contributed by atoms with Crippen LogP contribution in [0.15, 0.2) is 77.8 Å². The lowest BCUT2D eigenvalue weighted by atomic mass is 10.2. The molecule has 0 atom stereocenters. The van der Waals surface area contributed by atoms with Gasteiger partial charge in [0, 0.05) is 13.2 Å². The number of anilines is 2. The summed E-state index contributed by atoms with van der Waals surface area (Å²) < 4.78 is 39.8. The zero-order valence-corrected chi connectivity index (χ0v) is 17.3. The molecule has 10 heteroatoms. The molecule has 1 aromatic heterocycles. The van der Waals surface area contributed by atoms with Gasteiger partial charge in [-0.3, -0.25) is 14.6 Å². The van der Waals surface area contributed by atoms with Gasteiger partial charge in [-0.15, -0.1) is 0 Å². The number of nitrogens with zero attached hydrogens (tertiary/aromatic N) is 2. The first-order valence-electron chi connectivity index (χ1n) is 9.10. The Morgan fingerprint density at radius 1 is 0.968 bits per heavy atom. The fourth-order valence-electron chi connectivity index (χ4n) is 2.66. The SMILES string of the molecule is CN(CC(=O)Nc1cc(F)ccc1NC(=O)c1ccccn1)S(=O)(=O)c1ccccc1. The largest absolute Gasteiger partial charge is 0.323 e. The second-order valence-electron chi connectivity index (χ2n) is 6.48. The molecule has 2 N–H and O–H groups in total. The van der Waals surface area contributed by atoms with Crippen LogP contribution < -0.4 is 10.6 Å². The lowest BCUT2D eigenvalue weighted by Gasteiger charge is -2.18. The van der Waals surface area contributed by atoms with E-state index in [9.17, 15) is 22.4 Å². The van der Waals surface area contributed by atoms with Crippen LogP contribution in [0, 0.1) is 5.82 Å². The highest BCUT2D eigenvalue weighted by molar-refractivity contribution is 7.89. The van der Waals surface area contributed by atoms with E-state index in [2.05, 4.69) is 15.6 Å². The number of hydrogen-bond acceptors (Lipinski definition) is 5. The van der Waals surface area contributed by atoms with Crippen molar-refractivity contribution in [3.05, 3.63) is 84.4 Å². The summed E-state index contributed by atoms with van der Waals surface area (Å²) in [6.45, 7) is -0.513. The Morgan fingerprint density at radius 2 is 1.68 bits per heavy atom. The van der Waals surface area contributed by atoms with Crippen molar-refractivity contribution in [2.24, 2.45) is 0 Å². The number of likely N-dealkylation sites (N-methyl/N-ethyl adjacent to an activating group) is 1. The van der Waals surface area contributed by atoms with Gasteiger partial charge in [-0.1, -0.05) is 24.3 Å². The first-order valence-corrected chi connectivity index (χ1v) is 10.5. The van der Waals surface area contributed by atoms with Crippen molar-refractivity contribution in [3.8, 4) is 0 Å². The molecule has 3 rings (SSSR count). The predicted octanol–water partition coefficient (Wildman–Crippen LogP) is 2.73. The van der Waals surface area contributed by atoms with Gasteiger partial charge < -0.3 is 10.6 Å². The van der Waals surface area contributed by atoms with E-state index in [0.29, 0.717) is 0 Å². The van der Waals surface area contributed by atoms with Crippen molar-refractivity contribution < 1.29 is 22.4 Å². The number of benzene rings is 2. The van der Waals surface area contributed by atoms with Gasteiger partial charge in [-0.25, -0.2) is 12.8 Å². The maximum atomic E-state index is 13.7. The number of nitrogens with one attached hydrogen (secondary N) is 2. The van der Waals surface area contributed by atoms with Gasteiger partial charge >= 0.3 is 0 Å². The summed E-state index contributed by atoms with van der Waals surface area (Å²) in [4.78, 5) is 28.8. The van der Waals surface area contributed by atoms with Gasteiger partial charge in [0.25, 0.3) is 5.91 Å². The Kier molecular flexibility index (Phi) is 6.73. The third-order valence-corrected chi connectivity index (χ3v) is 6.04. The minimum absolute atomic E-state index is 0.0141. The Labute approximate surface area is 178 Å². The molecule has 31 heavy (non-hydrogen) atoms. The quantitative estimate of drug-likeness (QED) is 0.585. The Balaban J connectivity index is 1.74. The average Bonchev–Trinajstić information content (AvgIpc) is 2.76. The van der Waals surface area contributed by atoms with Gasteiger partial charge in [0.15, 0.2) is 0 Å². The van der Waals surface area contributed by atoms with Crippen molar-refractivity contribution in [2.45, 2.75) is 4.90 Å². The molecule has 0 aliphatic heterocycles. The molecule has 0 spiro atoms. The summed E-state index contributed by atoms with van der Waals surface area (Å²) in [5, 5.41) is 5.00. The normalized spacial score (nSPS) is 11.2. The van der Waals surface area contributed by atoms with Crippen LogP contribution in [0.2, 0.25) is 0 Å². The third-order valence-electron chi connectivity index (χ3n) is 4.22. The minimum atomic E-state index is -3.88. The van der Waals surface area contributed by atoms with E-state index in [1.165, 1.54) is 37.5 Å². The van der Waals surface area contributed by atoms with E-state index in [0.717, 1.165) is 16.4 Å². The van der Waals surface area contributed by atoms with Crippen molar-refractivity contribution >= 4 is 33.2 Å². The molecule has 0 saturated carbocycles. The smallest absolute Gasteiger partial charge is 0.274 e. The highest BCUT2D eigenvalue weighted by atomic mass is 32.2. The number of carbonyl (C=O) groups excluding carboxylic acids is 2. The highest BCUT2D eigenvalue weighted by Crippen LogP contribution is 2.24. The van der Waals surface area contributed by atoms with Crippen molar-refractivity contribution in [1.82, 2.24) is 9.29 Å². The minimum Gasteiger partial charge on any atom is -0.323 e. The van der Waals surface area contributed by atoms with Crippen molar-refractivity contribution in [2.75, 3.05) is 24.2 Å². The van der Waals surface area contributed by atoms with E-state index in [1.807, 2.05) is 0 Å². The van der Waals surface area contributed by atoms with Crippen LogP contribution in [-0.4, -0.2) is 43.1 Å². The molecule has 0 aliphatic carbocycles.